The Morgan fingerprint density at radius 2 is 2.06 bits per heavy atom. The lowest BCUT2D eigenvalue weighted by molar-refractivity contribution is 0.593. The van der Waals surface area contributed by atoms with E-state index in [2.05, 4.69) is 25.2 Å². The number of nitrogens with zero attached hydrogens (tertiary/aromatic N) is 3. The Morgan fingerprint density at radius 1 is 1.22 bits per heavy atom. The lowest BCUT2D eigenvalue weighted by Crippen LogP contribution is -2.29. The van der Waals surface area contributed by atoms with Crippen molar-refractivity contribution in [1.29, 1.82) is 0 Å². The van der Waals surface area contributed by atoms with Crippen molar-refractivity contribution >= 4 is 16.0 Å². The maximum atomic E-state index is 10.9. The van der Waals surface area contributed by atoms with Gasteiger partial charge in [-0.2, -0.15) is 0 Å². The van der Waals surface area contributed by atoms with Crippen LogP contribution in [0.1, 0.15) is 0 Å². The first-order valence-corrected chi connectivity index (χ1v) is 6.90. The largest absolute Gasteiger partial charge is 0.276 e. The molecular formula is C10H11N5O2S. The third kappa shape index (κ3) is 3.47. The molecule has 0 atom stereocenters. The zero-order chi connectivity index (χ0) is 13.0. The number of hydrogen-bond acceptors (Lipinski definition) is 6. The molecule has 0 unspecified atom stereocenters. The minimum Gasteiger partial charge on any atom is -0.276 e. The predicted octanol–water partition coefficient (Wildman–Crippen LogP) is 0.415. The van der Waals surface area contributed by atoms with Gasteiger partial charge in [0.25, 0.3) is 0 Å². The molecule has 18 heavy (non-hydrogen) atoms. The van der Waals surface area contributed by atoms with Crippen molar-refractivity contribution in [3.63, 3.8) is 0 Å². The first-order chi connectivity index (χ1) is 8.54. The van der Waals surface area contributed by atoms with E-state index in [4.69, 9.17) is 0 Å². The van der Waals surface area contributed by atoms with Crippen LogP contribution in [0.4, 0.5) is 5.95 Å². The molecule has 0 bridgehead atoms. The molecule has 7 nitrogen and oxygen atoms in total. The fourth-order valence-electron chi connectivity index (χ4n) is 1.23. The van der Waals surface area contributed by atoms with E-state index in [0.717, 1.165) is 11.8 Å². The second-order valence-electron chi connectivity index (χ2n) is 3.51. The predicted molar refractivity (Wildman–Crippen MR) is 66.9 cm³/mol. The molecule has 0 aliphatic carbocycles. The first-order valence-electron chi connectivity index (χ1n) is 5.01. The zero-order valence-electron chi connectivity index (χ0n) is 9.53. The summed E-state index contributed by atoms with van der Waals surface area (Å²) in [5.41, 5.74) is 3.88. The summed E-state index contributed by atoms with van der Waals surface area (Å²) in [7, 11) is -3.35. The molecule has 0 aromatic carbocycles. The fraction of sp³-hybridized carbons (Fsp3) is 0.100. The monoisotopic (exact) mass is 265 g/mol. The van der Waals surface area contributed by atoms with Crippen LogP contribution in [0.5, 0.6) is 0 Å². The van der Waals surface area contributed by atoms with Crippen LogP contribution < -0.4 is 10.3 Å². The zero-order valence-corrected chi connectivity index (χ0v) is 10.3. The van der Waals surface area contributed by atoms with Crippen LogP contribution >= 0.6 is 0 Å². The second-order valence-corrected chi connectivity index (χ2v) is 5.25. The van der Waals surface area contributed by atoms with E-state index in [0.29, 0.717) is 5.69 Å². The van der Waals surface area contributed by atoms with E-state index in [9.17, 15) is 8.42 Å². The molecule has 2 rings (SSSR count). The Bertz CT molecular complexity index is 630. The minimum atomic E-state index is -3.35. The average Bonchev–Trinajstić information content (AvgIpc) is 2.37. The van der Waals surface area contributed by atoms with Crippen molar-refractivity contribution in [2.24, 2.45) is 0 Å². The highest BCUT2D eigenvalue weighted by atomic mass is 32.2. The van der Waals surface area contributed by atoms with Crippen LogP contribution in [0.3, 0.4) is 0 Å². The summed E-state index contributed by atoms with van der Waals surface area (Å²) in [5.74, 6) is 0.168. The number of hydrogen-bond donors (Lipinski definition) is 2. The molecule has 2 aromatic rings. The molecule has 2 N–H and O–H groups in total. The maximum absolute atomic E-state index is 10.9. The summed E-state index contributed by atoms with van der Waals surface area (Å²) < 4.78 is 21.8. The summed E-state index contributed by atoms with van der Waals surface area (Å²) >= 11 is 0. The second kappa shape index (κ2) is 5.07. The molecule has 0 amide bonds. The highest BCUT2D eigenvalue weighted by Gasteiger charge is 2.04. The summed E-state index contributed by atoms with van der Waals surface area (Å²) in [4.78, 5) is 14.1. The van der Waals surface area contributed by atoms with Gasteiger partial charge in [0.2, 0.25) is 16.0 Å². The van der Waals surface area contributed by atoms with Crippen LogP contribution in [0.25, 0.3) is 11.3 Å². The van der Waals surface area contributed by atoms with Gasteiger partial charge in [-0.1, -0.05) is 0 Å². The Kier molecular flexibility index (Phi) is 3.49. The van der Waals surface area contributed by atoms with Crippen LogP contribution in [0, 0.1) is 0 Å². The van der Waals surface area contributed by atoms with Gasteiger partial charge in [0.05, 0.1) is 11.9 Å². The molecule has 0 spiro atoms. The van der Waals surface area contributed by atoms with E-state index in [1.54, 1.807) is 24.5 Å². The molecule has 94 valence electrons. The van der Waals surface area contributed by atoms with E-state index >= 15 is 0 Å². The molecule has 0 radical (unpaired) electrons. The van der Waals surface area contributed by atoms with E-state index in [-0.39, 0.29) is 5.95 Å². The number of aromatic nitrogens is 3. The summed E-state index contributed by atoms with van der Waals surface area (Å²) in [5, 5.41) is 0. The Balaban J connectivity index is 2.21. The smallest absolute Gasteiger partial charge is 0.238 e. The van der Waals surface area contributed by atoms with Gasteiger partial charge < -0.3 is 0 Å². The molecule has 2 heterocycles. The van der Waals surface area contributed by atoms with Crippen molar-refractivity contribution in [3.8, 4) is 11.3 Å². The van der Waals surface area contributed by atoms with E-state index < -0.39 is 10.0 Å². The number of anilines is 1. The lowest BCUT2D eigenvalue weighted by Gasteiger charge is -2.06. The number of nitrogens with one attached hydrogen (secondary N) is 2. The van der Waals surface area contributed by atoms with Gasteiger partial charge in [0.1, 0.15) is 0 Å². The lowest BCUT2D eigenvalue weighted by atomic mass is 10.2. The Labute approximate surface area is 104 Å². The third-order valence-electron chi connectivity index (χ3n) is 1.96. The Hall–Kier alpha value is -2.06. The molecule has 0 saturated carbocycles. The number of pyridine rings is 1. The first kappa shape index (κ1) is 12.4. The summed E-state index contributed by atoms with van der Waals surface area (Å²) in [6.07, 6.45) is 5.89. The van der Waals surface area contributed by atoms with Crippen LogP contribution in [-0.2, 0) is 10.0 Å². The molecule has 0 fully saturated rings. The topological polar surface area (TPSA) is 96.9 Å². The summed E-state index contributed by atoms with van der Waals surface area (Å²) in [6, 6.07) is 5.35. The molecular weight excluding hydrogens is 254 g/mol. The normalized spacial score (nSPS) is 11.2. The van der Waals surface area contributed by atoms with Crippen molar-refractivity contribution in [2.75, 3.05) is 11.7 Å². The van der Waals surface area contributed by atoms with Crippen molar-refractivity contribution in [1.82, 2.24) is 19.8 Å². The Morgan fingerprint density at radius 3 is 2.72 bits per heavy atom. The number of sulfonamides is 1. The van der Waals surface area contributed by atoms with Crippen molar-refractivity contribution in [3.05, 3.63) is 36.8 Å². The quantitative estimate of drug-likeness (QED) is 0.777. The van der Waals surface area contributed by atoms with Gasteiger partial charge in [-0.15, -0.1) is 4.83 Å². The van der Waals surface area contributed by atoms with Gasteiger partial charge in [0.15, 0.2) is 0 Å². The average molecular weight is 265 g/mol. The van der Waals surface area contributed by atoms with Crippen molar-refractivity contribution in [2.45, 2.75) is 0 Å². The van der Waals surface area contributed by atoms with Crippen LogP contribution in [0.2, 0.25) is 0 Å². The molecule has 0 aliphatic heterocycles. The molecule has 0 aliphatic rings. The number of rotatable bonds is 4. The third-order valence-corrected chi connectivity index (χ3v) is 2.43. The van der Waals surface area contributed by atoms with Gasteiger partial charge >= 0.3 is 0 Å². The maximum Gasteiger partial charge on any atom is 0.238 e. The molecule has 2 aromatic heterocycles. The fourth-order valence-corrected chi connectivity index (χ4v) is 1.51. The highest BCUT2D eigenvalue weighted by molar-refractivity contribution is 7.88. The van der Waals surface area contributed by atoms with E-state index in [1.165, 1.54) is 6.20 Å². The van der Waals surface area contributed by atoms with Crippen LogP contribution in [-0.4, -0.2) is 29.6 Å². The SMILES string of the molecule is CS(=O)(=O)NNc1nccc(-c2cccnc2)n1. The molecule has 8 heteroatoms. The van der Waals surface area contributed by atoms with Gasteiger partial charge in [-0.25, -0.2) is 18.4 Å². The van der Waals surface area contributed by atoms with Gasteiger partial charge in [-0.3, -0.25) is 10.4 Å². The van der Waals surface area contributed by atoms with Crippen molar-refractivity contribution < 1.29 is 8.42 Å². The summed E-state index contributed by atoms with van der Waals surface area (Å²) in [6.45, 7) is 0. The number of hydrazine groups is 1. The van der Waals surface area contributed by atoms with E-state index in [1.807, 2.05) is 6.07 Å². The standard InChI is InChI=1S/C10H11N5O2S/c1-18(16,17)15-14-10-12-6-4-9(13-10)8-3-2-5-11-7-8/h2-7,15H,1H3,(H,12,13,14). The van der Waals surface area contributed by atoms with Crippen LogP contribution in [0.15, 0.2) is 36.8 Å². The highest BCUT2D eigenvalue weighted by Crippen LogP contribution is 2.15. The van der Waals surface area contributed by atoms with Gasteiger partial charge in [-0.05, 0) is 18.2 Å². The minimum absolute atomic E-state index is 0.168. The molecule has 0 saturated heterocycles. The van der Waals surface area contributed by atoms with Gasteiger partial charge in [0, 0.05) is 24.2 Å².